The number of rotatable bonds is 6. The summed E-state index contributed by atoms with van der Waals surface area (Å²) in [6, 6.07) is 42.2. The standard InChI is InChI=1S/C21H22N2.C8H10.CH2O/c1-23(2)22-21(18-12-6-3-7-13-18,19-14-8-4-9-15-19)20-16-10-5-11-17-20;1-2-8-6-4-3-5-7-8;1-2/h3-17,22H,1-2H3;3-7H,2H2,1H3;1H2. The average Bonchev–Trinajstić information content (AvgIpc) is 2.91. The van der Waals surface area contributed by atoms with Crippen LogP contribution >= 0.6 is 0 Å². The van der Waals surface area contributed by atoms with Gasteiger partial charge >= 0.3 is 0 Å². The van der Waals surface area contributed by atoms with Crippen LogP contribution in [0.25, 0.3) is 0 Å². The van der Waals surface area contributed by atoms with E-state index in [4.69, 9.17) is 4.79 Å². The zero-order chi connectivity index (χ0) is 23.9. The van der Waals surface area contributed by atoms with Crippen LogP contribution in [0, 0.1) is 0 Å². The highest BCUT2D eigenvalue weighted by molar-refractivity contribution is 5.49. The van der Waals surface area contributed by atoms with Gasteiger partial charge < -0.3 is 4.79 Å². The van der Waals surface area contributed by atoms with Crippen molar-refractivity contribution in [2.75, 3.05) is 14.1 Å². The summed E-state index contributed by atoms with van der Waals surface area (Å²) in [5.41, 5.74) is 8.30. The summed E-state index contributed by atoms with van der Waals surface area (Å²) in [7, 11) is 4.06. The number of hydrogen-bond acceptors (Lipinski definition) is 3. The van der Waals surface area contributed by atoms with Gasteiger partial charge in [-0.2, -0.15) is 0 Å². The number of aryl methyl sites for hydroxylation is 1. The molecule has 3 nitrogen and oxygen atoms in total. The third kappa shape index (κ3) is 6.98. The Morgan fingerprint density at radius 1 is 0.606 bits per heavy atom. The summed E-state index contributed by atoms with van der Waals surface area (Å²) in [5.74, 6) is 0. The van der Waals surface area contributed by atoms with E-state index in [0.29, 0.717) is 0 Å². The number of carbonyl (C=O) groups is 1. The lowest BCUT2D eigenvalue weighted by Gasteiger charge is -2.39. The second-order valence-electron chi connectivity index (χ2n) is 7.69. The predicted molar refractivity (Wildman–Crippen MR) is 139 cm³/mol. The Bertz CT molecular complexity index is 923. The monoisotopic (exact) mass is 438 g/mol. The van der Waals surface area contributed by atoms with E-state index in [2.05, 4.69) is 128 Å². The van der Waals surface area contributed by atoms with Crippen LogP contribution < -0.4 is 5.43 Å². The van der Waals surface area contributed by atoms with Crippen molar-refractivity contribution >= 4 is 6.79 Å². The summed E-state index contributed by atoms with van der Waals surface area (Å²) in [5, 5.41) is 2.02. The van der Waals surface area contributed by atoms with E-state index >= 15 is 0 Å². The molecule has 0 saturated carbocycles. The SMILES string of the molecule is C=O.CCc1ccccc1.CN(C)NC(c1ccccc1)(c1ccccc1)c1ccccc1. The van der Waals surface area contributed by atoms with Crippen molar-refractivity contribution in [3.8, 4) is 0 Å². The Morgan fingerprint density at radius 3 is 1.15 bits per heavy atom. The second-order valence-corrected chi connectivity index (χ2v) is 7.69. The Kier molecular flexibility index (Phi) is 10.8. The molecular weight excluding hydrogens is 404 g/mol. The third-order valence-corrected chi connectivity index (χ3v) is 5.26. The van der Waals surface area contributed by atoms with E-state index in [1.54, 1.807) is 0 Å². The van der Waals surface area contributed by atoms with Gasteiger partial charge in [0.1, 0.15) is 12.3 Å². The lowest BCUT2D eigenvalue weighted by molar-refractivity contribution is -0.0979. The fourth-order valence-corrected chi connectivity index (χ4v) is 3.81. The number of hydrogen-bond donors (Lipinski definition) is 1. The predicted octanol–water partition coefficient (Wildman–Crippen LogP) is 6.11. The molecule has 3 heteroatoms. The molecular formula is C30H34N2O. The summed E-state index contributed by atoms with van der Waals surface area (Å²) in [6.45, 7) is 4.16. The Hall–Kier alpha value is -3.53. The highest BCUT2D eigenvalue weighted by atomic mass is 16.1. The molecule has 0 radical (unpaired) electrons. The molecule has 4 aromatic carbocycles. The maximum Gasteiger partial charge on any atom is 0.107 e. The van der Waals surface area contributed by atoms with Crippen LogP contribution in [0.15, 0.2) is 121 Å². The molecule has 4 rings (SSSR count). The Balaban J connectivity index is 0.000000323. The van der Waals surface area contributed by atoms with E-state index in [1.807, 2.05) is 32.0 Å². The van der Waals surface area contributed by atoms with Crippen LogP contribution in [0.2, 0.25) is 0 Å². The van der Waals surface area contributed by atoms with Gasteiger partial charge in [0.2, 0.25) is 0 Å². The highest BCUT2D eigenvalue weighted by Crippen LogP contribution is 2.36. The minimum atomic E-state index is -0.423. The molecule has 4 aromatic rings. The molecule has 0 amide bonds. The molecule has 0 aliphatic carbocycles. The molecule has 1 N–H and O–H groups in total. The van der Waals surface area contributed by atoms with Crippen LogP contribution in [0.3, 0.4) is 0 Å². The number of hydrazine groups is 1. The molecule has 0 unspecified atom stereocenters. The van der Waals surface area contributed by atoms with Crippen molar-refractivity contribution in [1.82, 2.24) is 10.4 Å². The quantitative estimate of drug-likeness (QED) is 0.291. The van der Waals surface area contributed by atoms with Gasteiger partial charge in [-0.1, -0.05) is 128 Å². The molecule has 0 saturated heterocycles. The molecule has 0 bridgehead atoms. The van der Waals surface area contributed by atoms with Gasteiger partial charge in [0.15, 0.2) is 0 Å². The van der Waals surface area contributed by atoms with Gasteiger partial charge in [-0.15, -0.1) is 0 Å². The molecule has 0 spiro atoms. The largest absolute Gasteiger partial charge is 0.307 e. The fourth-order valence-electron chi connectivity index (χ4n) is 3.81. The van der Waals surface area contributed by atoms with E-state index in [0.717, 1.165) is 6.42 Å². The number of carbonyl (C=O) groups excluding carboxylic acids is 1. The van der Waals surface area contributed by atoms with Crippen LogP contribution in [0.4, 0.5) is 0 Å². The summed E-state index contributed by atoms with van der Waals surface area (Å²) in [4.78, 5) is 8.00. The van der Waals surface area contributed by atoms with Crippen molar-refractivity contribution in [3.63, 3.8) is 0 Å². The van der Waals surface area contributed by atoms with Gasteiger partial charge in [-0.25, -0.2) is 10.4 Å². The van der Waals surface area contributed by atoms with Gasteiger partial charge in [0.05, 0.1) is 0 Å². The summed E-state index contributed by atoms with van der Waals surface area (Å²) < 4.78 is 0. The zero-order valence-electron chi connectivity index (χ0n) is 19.8. The highest BCUT2D eigenvalue weighted by Gasteiger charge is 2.36. The van der Waals surface area contributed by atoms with Gasteiger partial charge in [-0.05, 0) is 28.7 Å². The third-order valence-electron chi connectivity index (χ3n) is 5.26. The maximum absolute atomic E-state index is 8.00. The fraction of sp³-hybridized carbons (Fsp3) is 0.167. The number of benzene rings is 4. The molecule has 0 aliphatic rings. The van der Waals surface area contributed by atoms with Crippen LogP contribution in [-0.2, 0) is 16.8 Å². The number of nitrogens with one attached hydrogen (secondary N) is 1. The Labute approximate surface area is 198 Å². The summed E-state index contributed by atoms with van der Waals surface area (Å²) in [6.07, 6.45) is 1.14. The molecule has 0 aromatic heterocycles. The maximum atomic E-state index is 8.00. The summed E-state index contributed by atoms with van der Waals surface area (Å²) >= 11 is 0. The first-order chi connectivity index (χ1) is 16.2. The van der Waals surface area contributed by atoms with Crippen molar-refractivity contribution in [2.45, 2.75) is 18.9 Å². The van der Waals surface area contributed by atoms with Crippen molar-refractivity contribution in [1.29, 1.82) is 0 Å². The van der Waals surface area contributed by atoms with Gasteiger partial charge in [-0.3, -0.25) is 0 Å². The zero-order valence-corrected chi connectivity index (χ0v) is 19.8. The molecule has 170 valence electrons. The minimum absolute atomic E-state index is 0.423. The van der Waals surface area contributed by atoms with Crippen molar-refractivity contribution in [2.24, 2.45) is 0 Å². The molecule has 0 fully saturated rings. The first-order valence-electron chi connectivity index (χ1n) is 11.1. The second kappa shape index (κ2) is 13.8. The lowest BCUT2D eigenvalue weighted by atomic mass is 9.77. The van der Waals surface area contributed by atoms with E-state index in [1.165, 1.54) is 22.3 Å². The van der Waals surface area contributed by atoms with Crippen LogP contribution in [0.1, 0.15) is 29.2 Å². The van der Waals surface area contributed by atoms with Crippen molar-refractivity contribution < 1.29 is 4.79 Å². The van der Waals surface area contributed by atoms with Gasteiger partial charge in [0, 0.05) is 14.1 Å². The van der Waals surface area contributed by atoms with E-state index in [-0.39, 0.29) is 0 Å². The van der Waals surface area contributed by atoms with Crippen LogP contribution in [-0.4, -0.2) is 25.9 Å². The molecule has 0 aliphatic heterocycles. The van der Waals surface area contributed by atoms with E-state index in [9.17, 15) is 0 Å². The smallest absolute Gasteiger partial charge is 0.107 e. The van der Waals surface area contributed by atoms with Crippen LogP contribution in [0.5, 0.6) is 0 Å². The van der Waals surface area contributed by atoms with Crippen molar-refractivity contribution in [3.05, 3.63) is 144 Å². The van der Waals surface area contributed by atoms with E-state index < -0.39 is 5.54 Å². The lowest BCUT2D eigenvalue weighted by Crippen LogP contribution is -2.50. The topological polar surface area (TPSA) is 32.3 Å². The average molecular weight is 439 g/mol. The minimum Gasteiger partial charge on any atom is -0.307 e. The van der Waals surface area contributed by atoms with Gasteiger partial charge in [0.25, 0.3) is 0 Å². The Morgan fingerprint density at radius 2 is 0.909 bits per heavy atom. The first-order valence-corrected chi connectivity index (χ1v) is 11.1. The first kappa shape index (κ1) is 25.7. The molecule has 33 heavy (non-hydrogen) atoms. The number of nitrogens with zero attached hydrogens (tertiary/aromatic N) is 1. The molecule has 0 heterocycles. The molecule has 0 atom stereocenters. The normalized spacial score (nSPS) is 10.4.